The number of rotatable bonds is 3. The van der Waals surface area contributed by atoms with Gasteiger partial charge in [0.1, 0.15) is 0 Å². The number of nitrogens with zero attached hydrogens (tertiary/aromatic N) is 2. The van der Waals surface area contributed by atoms with Crippen molar-refractivity contribution in [2.24, 2.45) is 5.41 Å². The van der Waals surface area contributed by atoms with E-state index < -0.39 is 5.97 Å². The van der Waals surface area contributed by atoms with Crippen LogP contribution in [0.25, 0.3) is 0 Å². The maximum absolute atomic E-state index is 11.5. The molecule has 1 atom stereocenters. The quantitative estimate of drug-likeness (QED) is 0.826. The molecule has 6 nitrogen and oxygen atoms in total. The van der Waals surface area contributed by atoms with Crippen LogP contribution < -0.4 is 5.32 Å². The van der Waals surface area contributed by atoms with Crippen LogP contribution in [-0.2, 0) is 4.74 Å². The molecule has 0 bridgehead atoms. The van der Waals surface area contributed by atoms with Crippen LogP contribution in [0.4, 0.5) is 0 Å². The van der Waals surface area contributed by atoms with E-state index in [4.69, 9.17) is 9.26 Å². The summed E-state index contributed by atoms with van der Waals surface area (Å²) in [4.78, 5) is 15.6. The number of esters is 1. The number of aromatic nitrogens is 2. The first kappa shape index (κ1) is 13.0. The molecule has 1 aromatic rings. The fraction of sp³-hybridized carbons (Fsp3) is 0.750. The first-order valence-electron chi connectivity index (χ1n) is 6.28. The Morgan fingerprint density at radius 2 is 2.39 bits per heavy atom. The number of carbonyl (C=O) groups is 1. The van der Waals surface area contributed by atoms with Gasteiger partial charge in [0, 0.05) is 0 Å². The monoisotopic (exact) mass is 253 g/mol. The molecule has 1 aromatic heterocycles. The van der Waals surface area contributed by atoms with E-state index in [1.807, 2.05) is 0 Å². The van der Waals surface area contributed by atoms with E-state index in [1.54, 1.807) is 6.92 Å². The zero-order chi connectivity index (χ0) is 13.2. The van der Waals surface area contributed by atoms with Crippen LogP contribution in [0.1, 0.15) is 56.2 Å². The largest absolute Gasteiger partial charge is 0.460 e. The van der Waals surface area contributed by atoms with Gasteiger partial charge in [-0.2, -0.15) is 4.98 Å². The highest BCUT2D eigenvalue weighted by Crippen LogP contribution is 2.39. The van der Waals surface area contributed by atoms with Gasteiger partial charge in [-0.05, 0) is 36.9 Å². The van der Waals surface area contributed by atoms with E-state index in [-0.39, 0.29) is 17.3 Å². The van der Waals surface area contributed by atoms with Crippen molar-refractivity contribution in [1.82, 2.24) is 15.5 Å². The Balaban J connectivity index is 2.16. The summed E-state index contributed by atoms with van der Waals surface area (Å²) in [5, 5.41) is 7.04. The maximum atomic E-state index is 11.5. The minimum atomic E-state index is -0.541. The fourth-order valence-corrected chi connectivity index (χ4v) is 2.26. The lowest BCUT2D eigenvalue weighted by molar-refractivity contribution is 0.0508. The van der Waals surface area contributed by atoms with Crippen molar-refractivity contribution >= 4 is 5.97 Å². The SMILES string of the molecule is CCOC(=O)c1noc(C2NCCCC2(C)C)n1. The number of carbonyl (C=O) groups excluding carboxylic acids is 1. The van der Waals surface area contributed by atoms with E-state index in [1.165, 1.54) is 0 Å². The third-order valence-electron chi connectivity index (χ3n) is 3.27. The molecule has 1 saturated heterocycles. The van der Waals surface area contributed by atoms with Gasteiger partial charge < -0.3 is 14.6 Å². The number of ether oxygens (including phenoxy) is 1. The van der Waals surface area contributed by atoms with Gasteiger partial charge in [0.05, 0.1) is 12.6 Å². The summed E-state index contributed by atoms with van der Waals surface area (Å²) in [5.41, 5.74) is 0.0384. The van der Waals surface area contributed by atoms with Gasteiger partial charge in [-0.15, -0.1) is 0 Å². The molecule has 0 spiro atoms. The molecular weight excluding hydrogens is 234 g/mol. The van der Waals surface area contributed by atoms with Crippen LogP contribution in [0, 0.1) is 5.41 Å². The number of hydrogen-bond acceptors (Lipinski definition) is 6. The Bertz CT molecular complexity index is 428. The van der Waals surface area contributed by atoms with Crippen molar-refractivity contribution in [3.05, 3.63) is 11.7 Å². The lowest BCUT2D eigenvalue weighted by atomic mass is 9.77. The van der Waals surface area contributed by atoms with Crippen molar-refractivity contribution in [2.75, 3.05) is 13.2 Å². The average Bonchev–Trinajstić information content (AvgIpc) is 2.78. The van der Waals surface area contributed by atoms with E-state index in [9.17, 15) is 4.79 Å². The Morgan fingerprint density at radius 1 is 1.61 bits per heavy atom. The minimum Gasteiger partial charge on any atom is -0.460 e. The summed E-state index contributed by atoms with van der Waals surface area (Å²) in [6.07, 6.45) is 2.21. The van der Waals surface area contributed by atoms with Crippen molar-refractivity contribution in [1.29, 1.82) is 0 Å². The van der Waals surface area contributed by atoms with E-state index in [0.717, 1.165) is 19.4 Å². The highest BCUT2D eigenvalue weighted by molar-refractivity contribution is 5.84. The van der Waals surface area contributed by atoms with Crippen LogP contribution >= 0.6 is 0 Å². The van der Waals surface area contributed by atoms with Crippen molar-refractivity contribution < 1.29 is 14.1 Å². The highest BCUT2D eigenvalue weighted by Gasteiger charge is 2.37. The van der Waals surface area contributed by atoms with Gasteiger partial charge in [0.2, 0.25) is 5.89 Å². The predicted molar refractivity (Wildman–Crippen MR) is 64.0 cm³/mol. The molecule has 0 aliphatic carbocycles. The van der Waals surface area contributed by atoms with Gasteiger partial charge >= 0.3 is 5.97 Å². The Hall–Kier alpha value is -1.43. The molecule has 1 fully saturated rings. The molecule has 1 unspecified atom stereocenters. The van der Waals surface area contributed by atoms with Gasteiger partial charge in [-0.3, -0.25) is 0 Å². The molecule has 1 aliphatic rings. The summed E-state index contributed by atoms with van der Waals surface area (Å²) >= 11 is 0. The van der Waals surface area contributed by atoms with Gasteiger partial charge in [0.15, 0.2) is 0 Å². The van der Waals surface area contributed by atoms with Gasteiger partial charge in [-0.25, -0.2) is 4.79 Å². The zero-order valence-corrected chi connectivity index (χ0v) is 11.0. The van der Waals surface area contributed by atoms with Crippen molar-refractivity contribution in [2.45, 2.75) is 39.7 Å². The molecule has 1 aliphatic heterocycles. The van der Waals surface area contributed by atoms with E-state index in [2.05, 4.69) is 29.3 Å². The molecule has 2 heterocycles. The van der Waals surface area contributed by atoms with E-state index in [0.29, 0.717) is 12.5 Å². The lowest BCUT2D eigenvalue weighted by Crippen LogP contribution is -2.39. The van der Waals surface area contributed by atoms with Crippen molar-refractivity contribution in [3.63, 3.8) is 0 Å². The maximum Gasteiger partial charge on any atom is 0.379 e. The molecule has 18 heavy (non-hydrogen) atoms. The lowest BCUT2D eigenvalue weighted by Gasteiger charge is -2.36. The second-order valence-corrected chi connectivity index (χ2v) is 5.16. The summed E-state index contributed by atoms with van der Waals surface area (Å²) in [7, 11) is 0. The molecule has 2 rings (SSSR count). The summed E-state index contributed by atoms with van der Waals surface area (Å²) in [5.74, 6) is -0.0844. The van der Waals surface area contributed by atoms with Crippen LogP contribution in [0.15, 0.2) is 4.52 Å². The molecule has 0 aromatic carbocycles. The number of nitrogens with one attached hydrogen (secondary N) is 1. The van der Waals surface area contributed by atoms with E-state index >= 15 is 0 Å². The summed E-state index contributed by atoms with van der Waals surface area (Å²) in [6.45, 7) is 7.27. The molecule has 6 heteroatoms. The third-order valence-corrected chi connectivity index (χ3v) is 3.27. The standard InChI is InChI=1S/C12H19N3O3/c1-4-17-11(16)9-14-10(18-15-9)8-12(2,3)6-5-7-13-8/h8,13H,4-7H2,1-3H3. The Morgan fingerprint density at radius 3 is 3.06 bits per heavy atom. The highest BCUT2D eigenvalue weighted by atomic mass is 16.5. The van der Waals surface area contributed by atoms with Gasteiger partial charge in [0.25, 0.3) is 5.82 Å². The summed E-state index contributed by atoms with van der Waals surface area (Å²) in [6, 6.07) is -0.0121. The smallest absolute Gasteiger partial charge is 0.379 e. The topological polar surface area (TPSA) is 77.2 Å². The molecule has 1 N–H and O–H groups in total. The minimum absolute atomic E-state index is 0.00461. The first-order valence-corrected chi connectivity index (χ1v) is 6.28. The Kier molecular flexibility index (Phi) is 3.65. The van der Waals surface area contributed by atoms with Crippen LogP contribution in [0.2, 0.25) is 0 Å². The third kappa shape index (κ3) is 2.53. The van der Waals surface area contributed by atoms with Crippen LogP contribution in [-0.4, -0.2) is 29.3 Å². The van der Waals surface area contributed by atoms with Crippen LogP contribution in [0.5, 0.6) is 0 Å². The second kappa shape index (κ2) is 5.06. The van der Waals surface area contributed by atoms with Crippen molar-refractivity contribution in [3.8, 4) is 0 Å². The number of piperidine rings is 1. The number of hydrogen-bond donors (Lipinski definition) is 1. The molecule has 0 radical (unpaired) electrons. The first-order chi connectivity index (χ1) is 8.54. The Labute approximate surface area is 106 Å². The zero-order valence-electron chi connectivity index (χ0n) is 11.0. The second-order valence-electron chi connectivity index (χ2n) is 5.16. The predicted octanol–water partition coefficient (Wildman–Crippen LogP) is 1.70. The molecule has 0 amide bonds. The summed E-state index contributed by atoms with van der Waals surface area (Å²) < 4.78 is 10.0. The fourth-order valence-electron chi connectivity index (χ4n) is 2.26. The molecule has 100 valence electrons. The van der Waals surface area contributed by atoms with Gasteiger partial charge in [-0.1, -0.05) is 13.8 Å². The molecule has 0 saturated carbocycles. The van der Waals surface area contributed by atoms with Crippen LogP contribution in [0.3, 0.4) is 0 Å². The average molecular weight is 253 g/mol. The molecular formula is C12H19N3O3. The normalized spacial score (nSPS) is 22.7.